The van der Waals surface area contributed by atoms with Gasteiger partial charge in [0.15, 0.2) is 5.78 Å². The zero-order chi connectivity index (χ0) is 22.7. The number of carbonyl (C=O) groups excluding carboxylic acids is 3. The minimum absolute atomic E-state index is 0. The largest absolute Gasteiger partial charge is 0.344 e. The van der Waals surface area contributed by atoms with Crippen LogP contribution in [-0.4, -0.2) is 68.5 Å². The number of hydrogen-bond donors (Lipinski definition) is 4. The molecule has 13 heteroatoms. The van der Waals surface area contributed by atoms with E-state index in [2.05, 4.69) is 15.5 Å². The Balaban J connectivity index is -0.000000634. The number of Topliss-reactive ketones (excluding diaryl/α,β-unsaturated/α-hetero) is 1. The van der Waals surface area contributed by atoms with Gasteiger partial charge in [-0.3, -0.25) is 19.6 Å². The Kier molecular flexibility index (Phi) is 22.4. The molecule has 0 aliphatic carbocycles. The Morgan fingerprint density at radius 3 is 1.63 bits per heavy atom. The molecule has 0 aromatic heterocycles. The first kappa shape index (κ1) is 37.0. The maximum Gasteiger partial charge on any atom is 0.243 e. The van der Waals surface area contributed by atoms with Crippen molar-refractivity contribution in [3.8, 4) is 0 Å². The molecule has 5 N–H and O–H groups in total. The first-order valence-corrected chi connectivity index (χ1v) is 11.0. The average molecular weight is 527 g/mol. The minimum Gasteiger partial charge on any atom is -0.344 e. The van der Waals surface area contributed by atoms with Crippen molar-refractivity contribution in [2.24, 2.45) is 17.6 Å². The topological polar surface area (TPSA) is 165 Å². The molecule has 0 fully saturated rings. The normalized spacial score (nSPS) is 13.6. The third kappa shape index (κ3) is 17.3. The number of hydrogen-bond acceptors (Lipinski definition) is 8. The SMILES string of the molecule is CC(=O)C(NC(=O)C(NC(=O)C(N)CCS(C)(=O)=O)C(C)C)C(C)C.COO.[V].[V]. The first-order chi connectivity index (χ1) is 12.7. The summed E-state index contributed by atoms with van der Waals surface area (Å²) in [7, 11) is -2.05. The summed E-state index contributed by atoms with van der Waals surface area (Å²) >= 11 is 0. The van der Waals surface area contributed by atoms with Crippen LogP contribution >= 0.6 is 0 Å². The van der Waals surface area contributed by atoms with Crippen molar-refractivity contribution in [1.82, 2.24) is 10.6 Å². The Hall–Kier alpha value is -0.391. The summed E-state index contributed by atoms with van der Waals surface area (Å²) in [6, 6.07) is -2.53. The molecule has 10 nitrogen and oxygen atoms in total. The van der Waals surface area contributed by atoms with Gasteiger partial charge in [-0.05, 0) is 25.2 Å². The number of ketones is 1. The quantitative estimate of drug-likeness (QED) is 0.223. The van der Waals surface area contributed by atoms with Crippen molar-refractivity contribution in [3.63, 3.8) is 0 Å². The van der Waals surface area contributed by atoms with Crippen LogP contribution in [0.3, 0.4) is 0 Å². The number of amides is 2. The first-order valence-electron chi connectivity index (χ1n) is 8.89. The van der Waals surface area contributed by atoms with E-state index < -0.39 is 39.8 Å². The van der Waals surface area contributed by atoms with Gasteiger partial charge in [0.2, 0.25) is 11.8 Å². The zero-order valence-corrected chi connectivity index (χ0v) is 22.2. The molecule has 0 rings (SSSR count). The molecule has 3 unspecified atom stereocenters. The molecule has 0 saturated carbocycles. The second-order valence-electron chi connectivity index (χ2n) is 7.28. The molecule has 2 radical (unpaired) electrons. The van der Waals surface area contributed by atoms with E-state index in [-0.39, 0.29) is 66.9 Å². The summed E-state index contributed by atoms with van der Waals surface area (Å²) in [5.74, 6) is -1.75. The standard InChI is InChI=1S/C16H31N3O5S.CH4O2.2V/c1-9(2)13(11(5)20)18-16(22)14(10(3)4)19-15(21)12(17)7-8-25(6,23)24;1-3-2;;/h9-10,12-14H,7-8,17H2,1-6H3,(H,18,22)(H,19,21);2H,1H3;;. The van der Waals surface area contributed by atoms with Crippen molar-refractivity contribution in [2.75, 3.05) is 19.1 Å². The molecule has 0 aliphatic heterocycles. The van der Waals surface area contributed by atoms with Crippen molar-refractivity contribution < 1.29 is 70.1 Å². The number of nitrogens with two attached hydrogens (primary N) is 1. The maximum atomic E-state index is 12.5. The molecule has 0 heterocycles. The van der Waals surface area contributed by atoms with Crippen LogP contribution in [0.1, 0.15) is 41.0 Å². The van der Waals surface area contributed by atoms with Crippen molar-refractivity contribution in [3.05, 3.63) is 0 Å². The monoisotopic (exact) mass is 527 g/mol. The Morgan fingerprint density at radius 1 is 0.967 bits per heavy atom. The summed E-state index contributed by atoms with van der Waals surface area (Å²) in [5.41, 5.74) is 5.71. The van der Waals surface area contributed by atoms with Crippen LogP contribution in [0.15, 0.2) is 0 Å². The van der Waals surface area contributed by atoms with Gasteiger partial charge in [-0.1, -0.05) is 27.7 Å². The van der Waals surface area contributed by atoms with E-state index in [0.717, 1.165) is 6.26 Å². The third-order valence-corrected chi connectivity index (χ3v) is 4.76. The summed E-state index contributed by atoms with van der Waals surface area (Å²) < 4.78 is 22.3. The predicted molar refractivity (Wildman–Crippen MR) is 106 cm³/mol. The van der Waals surface area contributed by atoms with Gasteiger partial charge < -0.3 is 16.4 Å². The van der Waals surface area contributed by atoms with Gasteiger partial charge in [0.25, 0.3) is 0 Å². The number of nitrogens with one attached hydrogen (secondary N) is 2. The van der Waals surface area contributed by atoms with Gasteiger partial charge >= 0.3 is 0 Å². The molecule has 3 atom stereocenters. The van der Waals surface area contributed by atoms with E-state index >= 15 is 0 Å². The molecule has 0 bridgehead atoms. The van der Waals surface area contributed by atoms with Gasteiger partial charge in [0.05, 0.1) is 24.9 Å². The van der Waals surface area contributed by atoms with Gasteiger partial charge in [-0.15, -0.1) is 0 Å². The Labute approximate surface area is 203 Å². The molecular weight excluding hydrogens is 492 g/mol. The zero-order valence-electron chi connectivity index (χ0n) is 18.6. The van der Waals surface area contributed by atoms with E-state index in [1.54, 1.807) is 13.8 Å². The predicted octanol–water partition coefficient (Wildman–Crippen LogP) is -0.280. The van der Waals surface area contributed by atoms with Crippen LogP contribution in [0.2, 0.25) is 0 Å². The van der Waals surface area contributed by atoms with E-state index in [4.69, 9.17) is 11.0 Å². The van der Waals surface area contributed by atoms with Crippen LogP contribution in [0.5, 0.6) is 0 Å². The van der Waals surface area contributed by atoms with E-state index in [0.29, 0.717) is 0 Å². The second-order valence-corrected chi connectivity index (χ2v) is 9.54. The minimum atomic E-state index is -3.23. The summed E-state index contributed by atoms with van der Waals surface area (Å²) in [4.78, 5) is 39.5. The van der Waals surface area contributed by atoms with Gasteiger partial charge in [0, 0.05) is 43.4 Å². The summed E-state index contributed by atoms with van der Waals surface area (Å²) in [5, 5.41) is 12.3. The molecule has 0 saturated heterocycles. The molecule has 0 spiro atoms. The van der Waals surface area contributed by atoms with Crippen LogP contribution < -0.4 is 16.4 Å². The van der Waals surface area contributed by atoms with Crippen molar-refractivity contribution >= 4 is 27.4 Å². The Bertz CT molecular complexity index is 616. The van der Waals surface area contributed by atoms with E-state index in [9.17, 15) is 22.8 Å². The van der Waals surface area contributed by atoms with E-state index in [1.165, 1.54) is 14.0 Å². The summed E-state index contributed by atoms with van der Waals surface area (Å²) in [6.45, 7) is 8.54. The van der Waals surface area contributed by atoms with Crippen LogP contribution in [0.4, 0.5) is 0 Å². The van der Waals surface area contributed by atoms with Crippen LogP contribution in [0, 0.1) is 11.8 Å². The molecule has 0 aliphatic rings. The number of sulfone groups is 1. The van der Waals surface area contributed by atoms with E-state index in [1.807, 2.05) is 13.8 Å². The van der Waals surface area contributed by atoms with Crippen LogP contribution in [-0.2, 0) is 66.2 Å². The number of carbonyl (C=O) groups is 3. The molecule has 2 amide bonds. The molecule has 176 valence electrons. The molecule has 30 heavy (non-hydrogen) atoms. The van der Waals surface area contributed by atoms with Crippen LogP contribution in [0.25, 0.3) is 0 Å². The second kappa shape index (κ2) is 18.2. The third-order valence-electron chi connectivity index (χ3n) is 3.79. The Morgan fingerprint density at radius 2 is 1.33 bits per heavy atom. The number of rotatable bonds is 10. The van der Waals surface area contributed by atoms with Gasteiger partial charge in [0.1, 0.15) is 15.9 Å². The fourth-order valence-corrected chi connectivity index (χ4v) is 2.93. The van der Waals surface area contributed by atoms with Gasteiger partial charge in [-0.2, -0.15) is 0 Å². The molecule has 0 aromatic rings. The molecular formula is C17H35N3O7SV2. The maximum absolute atomic E-state index is 12.5. The fourth-order valence-electron chi connectivity index (χ4n) is 2.25. The van der Waals surface area contributed by atoms with Crippen molar-refractivity contribution in [1.29, 1.82) is 0 Å². The smallest absolute Gasteiger partial charge is 0.243 e. The average Bonchev–Trinajstić information content (AvgIpc) is 2.53. The molecule has 0 aromatic carbocycles. The van der Waals surface area contributed by atoms with Gasteiger partial charge in [-0.25, -0.2) is 13.3 Å². The fraction of sp³-hybridized carbons (Fsp3) is 0.824. The van der Waals surface area contributed by atoms with Crippen molar-refractivity contribution in [2.45, 2.75) is 59.2 Å². The summed E-state index contributed by atoms with van der Waals surface area (Å²) in [6.07, 6.45) is 1.04.